The van der Waals surface area contributed by atoms with Gasteiger partial charge < -0.3 is 11.5 Å². The first-order valence-electron chi connectivity index (χ1n) is 5.60. The van der Waals surface area contributed by atoms with Crippen LogP contribution in [0.3, 0.4) is 0 Å². The Labute approximate surface area is 122 Å². The van der Waals surface area contributed by atoms with E-state index in [1.807, 2.05) is 0 Å². The summed E-state index contributed by atoms with van der Waals surface area (Å²) in [7, 11) is 0. The topological polar surface area (TPSA) is 86.2 Å². The monoisotopic (exact) mass is 336 g/mol. The fraction of sp³-hybridized carbons (Fsp3) is 0. The number of nitrogens with two attached hydrogens (primary N) is 2. The Morgan fingerprint density at radius 2 is 1.45 bits per heavy atom. The van der Waals surface area contributed by atoms with Crippen LogP contribution in [0.1, 0.15) is 20.7 Å². The summed E-state index contributed by atoms with van der Waals surface area (Å²) in [6, 6.07) is 8.71. The van der Waals surface area contributed by atoms with E-state index < -0.39 is 17.6 Å². The van der Waals surface area contributed by atoms with Crippen molar-refractivity contribution >= 4 is 27.7 Å². The molecule has 2 rings (SSSR count). The summed E-state index contributed by atoms with van der Waals surface area (Å²) < 4.78 is 13.8. The molecule has 2 amide bonds. The minimum atomic E-state index is -0.723. The quantitative estimate of drug-likeness (QED) is 0.901. The van der Waals surface area contributed by atoms with Gasteiger partial charge in [0, 0.05) is 22.3 Å². The number of carbonyl (C=O) groups excluding carboxylic acids is 2. The van der Waals surface area contributed by atoms with E-state index in [0.29, 0.717) is 5.56 Å². The van der Waals surface area contributed by atoms with E-state index in [9.17, 15) is 14.0 Å². The number of rotatable bonds is 3. The van der Waals surface area contributed by atoms with Crippen LogP contribution in [0.4, 0.5) is 4.39 Å². The van der Waals surface area contributed by atoms with Crippen LogP contribution in [0, 0.1) is 5.82 Å². The molecule has 0 radical (unpaired) electrons. The molecule has 0 aliphatic heterocycles. The van der Waals surface area contributed by atoms with Crippen molar-refractivity contribution in [1.82, 2.24) is 0 Å². The summed E-state index contributed by atoms with van der Waals surface area (Å²) in [5.74, 6) is -1.96. The molecule has 0 spiro atoms. The third kappa shape index (κ3) is 2.42. The number of benzene rings is 2. The van der Waals surface area contributed by atoms with Crippen LogP contribution in [0.2, 0.25) is 0 Å². The Bertz CT molecular complexity index is 684. The zero-order valence-electron chi connectivity index (χ0n) is 10.2. The van der Waals surface area contributed by atoms with Gasteiger partial charge in [0.25, 0.3) is 0 Å². The van der Waals surface area contributed by atoms with Crippen LogP contribution in [0.15, 0.2) is 40.9 Å². The maximum absolute atomic E-state index is 13.7. The summed E-state index contributed by atoms with van der Waals surface area (Å²) in [6.07, 6.45) is 0. The van der Waals surface area contributed by atoms with E-state index in [0.717, 1.165) is 0 Å². The molecule has 2 aromatic carbocycles. The molecule has 4 nitrogen and oxygen atoms in total. The van der Waals surface area contributed by atoms with Gasteiger partial charge in [-0.3, -0.25) is 9.59 Å². The van der Waals surface area contributed by atoms with Crippen molar-refractivity contribution in [2.75, 3.05) is 0 Å². The minimum absolute atomic E-state index is 0.104. The molecule has 20 heavy (non-hydrogen) atoms. The predicted molar refractivity (Wildman–Crippen MR) is 76.6 cm³/mol. The fourth-order valence-corrected chi connectivity index (χ4v) is 2.41. The van der Waals surface area contributed by atoms with Gasteiger partial charge in [0.1, 0.15) is 5.82 Å². The normalized spacial score (nSPS) is 10.3. The van der Waals surface area contributed by atoms with E-state index in [1.54, 1.807) is 6.07 Å². The van der Waals surface area contributed by atoms with Gasteiger partial charge in [-0.1, -0.05) is 18.2 Å². The maximum atomic E-state index is 13.7. The highest BCUT2D eigenvalue weighted by Gasteiger charge is 2.20. The molecule has 0 saturated carbocycles. The summed E-state index contributed by atoms with van der Waals surface area (Å²) in [5, 5.41) is 0. The Hall–Kier alpha value is -2.21. The van der Waals surface area contributed by atoms with Gasteiger partial charge in [-0.05, 0) is 34.1 Å². The fourth-order valence-electron chi connectivity index (χ4n) is 1.95. The van der Waals surface area contributed by atoms with Crippen molar-refractivity contribution in [3.8, 4) is 11.1 Å². The third-order valence-electron chi connectivity index (χ3n) is 2.82. The van der Waals surface area contributed by atoms with Gasteiger partial charge in [0.15, 0.2) is 0 Å². The third-order valence-corrected chi connectivity index (χ3v) is 3.62. The van der Waals surface area contributed by atoms with E-state index in [1.165, 1.54) is 30.3 Å². The SMILES string of the molecule is NC(=O)c1cccc(C(N)=O)c1-c1cccc(F)c1Br. The molecule has 0 aliphatic rings. The molecule has 0 unspecified atom stereocenters. The largest absolute Gasteiger partial charge is 0.366 e. The standard InChI is InChI=1S/C14H10BrFN2O2/c15-12-7(3-2-6-10(12)16)11-8(13(17)19)4-1-5-9(11)14(18)20/h1-6H,(H2,17,19)(H2,18,20). The van der Waals surface area contributed by atoms with Crippen LogP contribution in [-0.4, -0.2) is 11.8 Å². The van der Waals surface area contributed by atoms with Crippen molar-refractivity contribution in [2.24, 2.45) is 11.5 Å². The molecule has 4 N–H and O–H groups in total. The molecule has 0 atom stereocenters. The van der Waals surface area contributed by atoms with Crippen molar-refractivity contribution in [3.05, 3.63) is 57.8 Å². The number of halogens is 2. The van der Waals surface area contributed by atoms with E-state index in [2.05, 4.69) is 15.9 Å². The molecular weight excluding hydrogens is 327 g/mol. The van der Waals surface area contributed by atoms with Gasteiger partial charge in [-0.2, -0.15) is 0 Å². The van der Waals surface area contributed by atoms with Gasteiger partial charge in [-0.25, -0.2) is 4.39 Å². The van der Waals surface area contributed by atoms with E-state index in [4.69, 9.17) is 11.5 Å². The first-order chi connectivity index (χ1) is 9.43. The number of carbonyl (C=O) groups is 2. The molecule has 0 heterocycles. The minimum Gasteiger partial charge on any atom is -0.366 e. The second-order valence-corrected chi connectivity index (χ2v) is 4.85. The van der Waals surface area contributed by atoms with Crippen LogP contribution in [-0.2, 0) is 0 Å². The Morgan fingerprint density at radius 1 is 0.950 bits per heavy atom. The molecule has 6 heteroatoms. The first kappa shape index (κ1) is 14.2. The molecule has 102 valence electrons. The molecule has 0 aliphatic carbocycles. The average Bonchev–Trinajstić information content (AvgIpc) is 2.41. The highest BCUT2D eigenvalue weighted by molar-refractivity contribution is 9.10. The van der Waals surface area contributed by atoms with E-state index in [-0.39, 0.29) is 21.2 Å². The number of primary amides is 2. The summed E-state index contributed by atoms with van der Waals surface area (Å²) in [5.41, 5.74) is 11.4. The van der Waals surface area contributed by atoms with Crippen LogP contribution >= 0.6 is 15.9 Å². The van der Waals surface area contributed by atoms with Crippen molar-refractivity contribution in [3.63, 3.8) is 0 Å². The Kier molecular flexibility index (Phi) is 3.85. The van der Waals surface area contributed by atoms with E-state index >= 15 is 0 Å². The molecule has 0 bridgehead atoms. The lowest BCUT2D eigenvalue weighted by molar-refractivity contribution is 0.0999. The van der Waals surface area contributed by atoms with Gasteiger partial charge in [0.05, 0.1) is 4.47 Å². The zero-order chi connectivity index (χ0) is 14.9. The lowest BCUT2D eigenvalue weighted by Gasteiger charge is -2.13. The highest BCUT2D eigenvalue weighted by Crippen LogP contribution is 2.34. The second-order valence-electron chi connectivity index (χ2n) is 4.06. The Morgan fingerprint density at radius 3 is 1.95 bits per heavy atom. The molecular formula is C14H10BrFN2O2. The van der Waals surface area contributed by atoms with Crippen LogP contribution in [0.5, 0.6) is 0 Å². The highest BCUT2D eigenvalue weighted by atomic mass is 79.9. The van der Waals surface area contributed by atoms with Crippen molar-refractivity contribution < 1.29 is 14.0 Å². The van der Waals surface area contributed by atoms with Crippen molar-refractivity contribution in [2.45, 2.75) is 0 Å². The van der Waals surface area contributed by atoms with Crippen LogP contribution in [0.25, 0.3) is 11.1 Å². The molecule has 2 aromatic rings. The number of hydrogen-bond acceptors (Lipinski definition) is 2. The number of amides is 2. The summed E-state index contributed by atoms with van der Waals surface area (Å²) >= 11 is 3.10. The first-order valence-corrected chi connectivity index (χ1v) is 6.39. The zero-order valence-corrected chi connectivity index (χ0v) is 11.8. The van der Waals surface area contributed by atoms with Crippen LogP contribution < -0.4 is 11.5 Å². The summed E-state index contributed by atoms with van der Waals surface area (Å²) in [4.78, 5) is 23.1. The lowest BCUT2D eigenvalue weighted by atomic mass is 9.93. The lowest BCUT2D eigenvalue weighted by Crippen LogP contribution is -2.18. The predicted octanol–water partition coefficient (Wildman–Crippen LogP) is 2.45. The number of hydrogen-bond donors (Lipinski definition) is 2. The van der Waals surface area contributed by atoms with Gasteiger partial charge >= 0.3 is 0 Å². The molecule has 0 fully saturated rings. The molecule has 0 aromatic heterocycles. The smallest absolute Gasteiger partial charge is 0.249 e. The van der Waals surface area contributed by atoms with Gasteiger partial charge in [-0.15, -0.1) is 0 Å². The Balaban J connectivity index is 2.87. The maximum Gasteiger partial charge on any atom is 0.249 e. The van der Waals surface area contributed by atoms with Gasteiger partial charge in [0.2, 0.25) is 11.8 Å². The molecule has 0 saturated heterocycles. The van der Waals surface area contributed by atoms with Crippen molar-refractivity contribution in [1.29, 1.82) is 0 Å². The average molecular weight is 337 g/mol. The summed E-state index contributed by atoms with van der Waals surface area (Å²) in [6.45, 7) is 0. The second kappa shape index (κ2) is 5.42.